The van der Waals surface area contributed by atoms with Crippen molar-refractivity contribution in [2.45, 2.75) is 45.8 Å². The van der Waals surface area contributed by atoms with E-state index in [-0.39, 0.29) is 17.4 Å². The molecule has 0 bridgehead atoms. The van der Waals surface area contributed by atoms with Gasteiger partial charge in [0, 0.05) is 6.42 Å². The summed E-state index contributed by atoms with van der Waals surface area (Å²) in [6.07, 6.45) is 2.03. The summed E-state index contributed by atoms with van der Waals surface area (Å²) < 4.78 is 10.8. The first kappa shape index (κ1) is 23.7. The summed E-state index contributed by atoms with van der Waals surface area (Å²) in [6, 6.07) is 13.6. The lowest BCUT2D eigenvalue weighted by Crippen LogP contribution is -2.48. The largest absolute Gasteiger partial charge is 0.463 e. The predicted molar refractivity (Wildman–Crippen MR) is 126 cm³/mol. The molecule has 0 saturated heterocycles. The molecule has 1 aromatic heterocycles. The van der Waals surface area contributed by atoms with Crippen LogP contribution in [0.2, 0.25) is 0 Å². The van der Waals surface area contributed by atoms with Crippen molar-refractivity contribution < 1.29 is 18.7 Å². The van der Waals surface area contributed by atoms with E-state index in [1.54, 1.807) is 32.9 Å². The number of alkyl carbamates (subject to hydrolysis) is 1. The maximum Gasteiger partial charge on any atom is 0.408 e. The minimum atomic E-state index is -0.935. The van der Waals surface area contributed by atoms with Crippen molar-refractivity contribution in [1.82, 2.24) is 10.7 Å². The average molecular weight is 450 g/mol. The summed E-state index contributed by atoms with van der Waals surface area (Å²) in [5, 5.41) is 6.91. The number of nitrogens with zero attached hydrogens (tertiary/aromatic N) is 1. The van der Waals surface area contributed by atoms with Crippen LogP contribution in [0.4, 0.5) is 4.79 Å². The summed E-state index contributed by atoms with van der Waals surface area (Å²) in [6.45, 7) is 7.09. The molecule has 3 aromatic rings. The van der Waals surface area contributed by atoms with Gasteiger partial charge in [0.15, 0.2) is 0 Å². The summed E-state index contributed by atoms with van der Waals surface area (Å²) >= 11 is 0. The van der Waals surface area contributed by atoms with E-state index in [4.69, 9.17) is 9.15 Å². The molecule has 1 atom stereocenters. The van der Waals surface area contributed by atoms with Gasteiger partial charge in [0.05, 0.1) is 17.2 Å². The van der Waals surface area contributed by atoms with Crippen LogP contribution in [0.3, 0.4) is 0 Å². The van der Waals surface area contributed by atoms with Gasteiger partial charge in [-0.25, -0.2) is 10.2 Å². The van der Waals surface area contributed by atoms with Crippen LogP contribution in [0, 0.1) is 6.92 Å². The van der Waals surface area contributed by atoms with Gasteiger partial charge in [-0.3, -0.25) is 9.59 Å². The second-order valence-electron chi connectivity index (χ2n) is 8.64. The van der Waals surface area contributed by atoms with Crippen molar-refractivity contribution in [1.29, 1.82) is 0 Å². The Kier molecular flexibility index (Phi) is 7.27. The third-order valence-electron chi connectivity index (χ3n) is 4.62. The van der Waals surface area contributed by atoms with E-state index >= 15 is 0 Å². The molecule has 0 unspecified atom stereocenters. The third kappa shape index (κ3) is 6.77. The van der Waals surface area contributed by atoms with E-state index in [0.717, 1.165) is 11.1 Å². The molecular weight excluding hydrogens is 422 g/mol. The molecule has 0 fully saturated rings. The molecule has 0 aliphatic carbocycles. The lowest BCUT2D eigenvalue weighted by atomic mass is 10.1. The first-order chi connectivity index (χ1) is 15.6. The van der Waals surface area contributed by atoms with Gasteiger partial charge in [0.25, 0.3) is 5.91 Å². The van der Waals surface area contributed by atoms with Crippen LogP contribution in [0.1, 0.15) is 37.5 Å². The number of hydrazone groups is 1. The fourth-order valence-corrected chi connectivity index (χ4v) is 3.10. The number of aryl methyl sites for hydroxylation is 1. The van der Waals surface area contributed by atoms with Gasteiger partial charge in [-0.1, -0.05) is 42.0 Å². The minimum Gasteiger partial charge on any atom is -0.463 e. The molecule has 172 valence electrons. The van der Waals surface area contributed by atoms with E-state index in [1.807, 2.05) is 43.3 Å². The Balaban J connectivity index is 1.75. The van der Waals surface area contributed by atoms with Crippen LogP contribution in [0.25, 0.3) is 11.0 Å². The van der Waals surface area contributed by atoms with Crippen LogP contribution in [0.5, 0.6) is 0 Å². The molecule has 8 nitrogen and oxygen atoms in total. The predicted octanol–water partition coefficient (Wildman–Crippen LogP) is 3.69. The van der Waals surface area contributed by atoms with Crippen LogP contribution in [-0.2, 0) is 16.0 Å². The number of ether oxygens (including phenoxy) is 1. The normalized spacial score (nSPS) is 12.5. The van der Waals surface area contributed by atoms with Crippen molar-refractivity contribution in [3.63, 3.8) is 0 Å². The molecule has 8 heteroatoms. The third-order valence-corrected chi connectivity index (χ3v) is 4.62. The highest BCUT2D eigenvalue weighted by Crippen LogP contribution is 2.13. The molecule has 0 radical (unpaired) electrons. The van der Waals surface area contributed by atoms with Gasteiger partial charge >= 0.3 is 6.09 Å². The SMILES string of the molecule is Cc1ccc2occ(C=NNC(=O)[C@H](Cc3ccccc3)NC(=O)OC(C)(C)C)c(=O)c2c1. The van der Waals surface area contributed by atoms with Crippen LogP contribution >= 0.6 is 0 Å². The van der Waals surface area contributed by atoms with Gasteiger partial charge in [0.2, 0.25) is 5.43 Å². The molecule has 0 spiro atoms. The Hall–Kier alpha value is -3.94. The Morgan fingerprint density at radius 2 is 1.88 bits per heavy atom. The number of hydrogen-bond acceptors (Lipinski definition) is 6. The van der Waals surface area contributed by atoms with Crippen LogP contribution < -0.4 is 16.2 Å². The summed E-state index contributed by atoms with van der Waals surface area (Å²) in [5.74, 6) is -0.554. The Labute approximate surface area is 191 Å². The second-order valence-corrected chi connectivity index (χ2v) is 8.64. The Morgan fingerprint density at radius 1 is 1.15 bits per heavy atom. The van der Waals surface area contributed by atoms with E-state index in [2.05, 4.69) is 15.8 Å². The highest BCUT2D eigenvalue weighted by Gasteiger charge is 2.24. The summed E-state index contributed by atoms with van der Waals surface area (Å²) in [7, 11) is 0. The zero-order valence-corrected chi connectivity index (χ0v) is 19.0. The second kappa shape index (κ2) is 10.1. The Morgan fingerprint density at radius 3 is 2.58 bits per heavy atom. The van der Waals surface area contributed by atoms with Crippen molar-refractivity contribution in [2.75, 3.05) is 0 Å². The molecule has 0 aliphatic heterocycles. The smallest absolute Gasteiger partial charge is 0.408 e. The molecule has 33 heavy (non-hydrogen) atoms. The molecule has 3 rings (SSSR count). The van der Waals surface area contributed by atoms with Crippen LogP contribution in [0.15, 0.2) is 69.1 Å². The number of rotatable bonds is 6. The fourth-order valence-electron chi connectivity index (χ4n) is 3.10. The Bertz CT molecular complexity index is 1230. The first-order valence-electron chi connectivity index (χ1n) is 10.5. The minimum absolute atomic E-state index is 0.188. The lowest BCUT2D eigenvalue weighted by Gasteiger charge is -2.23. The number of hydrogen-bond donors (Lipinski definition) is 2. The molecule has 0 aliphatic rings. The van der Waals surface area contributed by atoms with Crippen molar-refractivity contribution >= 4 is 29.2 Å². The van der Waals surface area contributed by atoms with Crippen molar-refractivity contribution in [2.24, 2.45) is 5.10 Å². The number of amides is 2. The topological polar surface area (TPSA) is 110 Å². The number of nitrogens with one attached hydrogen (secondary N) is 2. The molecular formula is C25H27N3O5. The quantitative estimate of drug-likeness (QED) is 0.441. The summed E-state index contributed by atoms with van der Waals surface area (Å²) in [5.41, 5.74) is 3.85. The molecule has 1 heterocycles. The highest BCUT2D eigenvalue weighted by atomic mass is 16.6. The number of carbonyl (C=O) groups excluding carboxylic acids is 2. The van der Waals surface area contributed by atoms with Gasteiger partial charge < -0.3 is 14.5 Å². The standard InChI is InChI=1S/C25H27N3O5/c1-16-10-11-21-19(12-16)22(29)18(15-32-21)14-26-28-23(30)20(13-17-8-6-5-7-9-17)27-24(31)33-25(2,3)4/h5-12,14-15,20H,13H2,1-4H3,(H,27,31)(H,28,30)/t20-/m0/s1. The van der Waals surface area contributed by atoms with Gasteiger partial charge in [-0.15, -0.1) is 0 Å². The maximum absolute atomic E-state index is 12.8. The van der Waals surface area contributed by atoms with E-state index in [0.29, 0.717) is 11.0 Å². The van der Waals surface area contributed by atoms with Gasteiger partial charge in [0.1, 0.15) is 23.5 Å². The average Bonchev–Trinajstić information content (AvgIpc) is 2.74. The van der Waals surface area contributed by atoms with Gasteiger partial charge in [-0.2, -0.15) is 5.10 Å². The molecule has 0 saturated carbocycles. The fraction of sp³-hybridized carbons (Fsp3) is 0.280. The monoisotopic (exact) mass is 449 g/mol. The first-order valence-corrected chi connectivity index (χ1v) is 10.5. The zero-order chi connectivity index (χ0) is 24.0. The number of fused-ring (bicyclic) bond motifs is 1. The summed E-state index contributed by atoms with van der Waals surface area (Å²) in [4.78, 5) is 37.7. The highest BCUT2D eigenvalue weighted by molar-refractivity contribution is 5.89. The van der Waals surface area contributed by atoms with Gasteiger partial charge in [-0.05, 0) is 45.4 Å². The maximum atomic E-state index is 12.8. The van der Waals surface area contributed by atoms with Crippen molar-refractivity contribution in [3.8, 4) is 0 Å². The number of benzene rings is 2. The lowest BCUT2D eigenvalue weighted by molar-refractivity contribution is -0.123. The van der Waals surface area contributed by atoms with E-state index in [9.17, 15) is 14.4 Å². The molecule has 2 amide bonds. The van der Waals surface area contributed by atoms with E-state index < -0.39 is 23.6 Å². The van der Waals surface area contributed by atoms with E-state index in [1.165, 1.54) is 12.5 Å². The number of carbonyl (C=O) groups is 2. The molecule has 2 N–H and O–H groups in total. The molecule has 2 aromatic carbocycles. The zero-order valence-electron chi connectivity index (χ0n) is 19.0. The van der Waals surface area contributed by atoms with Crippen molar-refractivity contribution in [3.05, 3.63) is 81.7 Å². The van der Waals surface area contributed by atoms with Crippen LogP contribution in [-0.4, -0.2) is 29.9 Å².